The van der Waals surface area contributed by atoms with Crippen molar-refractivity contribution in [1.82, 2.24) is 15.3 Å². The summed E-state index contributed by atoms with van der Waals surface area (Å²) in [5.74, 6) is 0.311. The Balaban J connectivity index is 2.58. The Hall–Kier alpha value is -1.49. The zero-order chi connectivity index (χ0) is 13.3. The molecule has 0 radical (unpaired) electrons. The highest BCUT2D eigenvalue weighted by molar-refractivity contribution is 5.89. The van der Waals surface area contributed by atoms with E-state index in [0.717, 1.165) is 24.2 Å². The van der Waals surface area contributed by atoms with Crippen molar-refractivity contribution in [3.05, 3.63) is 22.8 Å². The van der Waals surface area contributed by atoms with Gasteiger partial charge in [0.25, 0.3) is 0 Å². The number of fused-ring (bicyclic) bond motifs is 1. The summed E-state index contributed by atoms with van der Waals surface area (Å²) in [4.78, 5) is 20.8. The van der Waals surface area contributed by atoms with Crippen LogP contribution < -0.4 is 5.32 Å². The number of ether oxygens (including phenoxy) is 1. The van der Waals surface area contributed by atoms with E-state index >= 15 is 0 Å². The van der Waals surface area contributed by atoms with Gasteiger partial charge in [-0.3, -0.25) is 0 Å². The maximum atomic E-state index is 11.8. The van der Waals surface area contributed by atoms with E-state index in [1.165, 1.54) is 7.11 Å². The quantitative estimate of drug-likeness (QED) is 0.758. The Bertz CT molecular complexity index is 478. The van der Waals surface area contributed by atoms with Gasteiger partial charge in [0.2, 0.25) is 0 Å². The predicted molar refractivity (Wildman–Crippen MR) is 67.5 cm³/mol. The van der Waals surface area contributed by atoms with Gasteiger partial charge in [0.1, 0.15) is 5.82 Å². The number of nitrogens with one attached hydrogen (secondary N) is 1. The zero-order valence-electron chi connectivity index (χ0n) is 11.3. The molecule has 98 valence electrons. The smallest absolute Gasteiger partial charge is 0.357 e. The molecule has 0 aliphatic carbocycles. The highest BCUT2D eigenvalue weighted by atomic mass is 16.5. The molecule has 0 unspecified atom stereocenters. The SMILES string of the molecule is COC(=O)c1nc(C(C)(C)C)nc2c1CNCC2. The second kappa shape index (κ2) is 4.65. The molecule has 0 saturated carbocycles. The first-order valence-corrected chi connectivity index (χ1v) is 6.13. The number of hydrogen-bond acceptors (Lipinski definition) is 5. The van der Waals surface area contributed by atoms with Crippen molar-refractivity contribution in [1.29, 1.82) is 0 Å². The first kappa shape index (κ1) is 13.0. The molecule has 1 aliphatic rings. The fourth-order valence-corrected chi connectivity index (χ4v) is 1.94. The van der Waals surface area contributed by atoms with E-state index in [2.05, 4.69) is 15.3 Å². The molecule has 1 aromatic heterocycles. The lowest BCUT2D eigenvalue weighted by Gasteiger charge is -2.23. The number of nitrogens with zero attached hydrogens (tertiary/aromatic N) is 2. The molecular weight excluding hydrogens is 230 g/mol. The fourth-order valence-electron chi connectivity index (χ4n) is 1.94. The van der Waals surface area contributed by atoms with Gasteiger partial charge in [0.15, 0.2) is 5.69 Å². The van der Waals surface area contributed by atoms with Crippen molar-refractivity contribution in [3.8, 4) is 0 Å². The van der Waals surface area contributed by atoms with Crippen LogP contribution in [0, 0.1) is 0 Å². The van der Waals surface area contributed by atoms with Gasteiger partial charge in [-0.25, -0.2) is 14.8 Å². The summed E-state index contributed by atoms with van der Waals surface area (Å²) in [6.07, 6.45) is 0.824. The topological polar surface area (TPSA) is 64.1 Å². The Morgan fingerprint density at radius 3 is 2.67 bits per heavy atom. The van der Waals surface area contributed by atoms with Crippen LogP contribution >= 0.6 is 0 Å². The third-order valence-corrected chi connectivity index (χ3v) is 2.98. The van der Waals surface area contributed by atoms with Crippen molar-refractivity contribution in [2.75, 3.05) is 13.7 Å². The number of methoxy groups -OCH3 is 1. The van der Waals surface area contributed by atoms with Gasteiger partial charge in [-0.1, -0.05) is 20.8 Å². The summed E-state index contributed by atoms with van der Waals surface area (Å²) in [5, 5.41) is 3.23. The average Bonchev–Trinajstić information content (AvgIpc) is 2.35. The Kier molecular flexibility index (Phi) is 3.34. The van der Waals surface area contributed by atoms with Gasteiger partial charge >= 0.3 is 5.97 Å². The minimum Gasteiger partial charge on any atom is -0.464 e. The summed E-state index contributed by atoms with van der Waals surface area (Å²) < 4.78 is 4.81. The van der Waals surface area contributed by atoms with Crippen molar-refractivity contribution in [2.24, 2.45) is 0 Å². The fraction of sp³-hybridized carbons (Fsp3) is 0.615. The molecule has 0 atom stereocenters. The highest BCUT2D eigenvalue weighted by Crippen LogP contribution is 2.23. The van der Waals surface area contributed by atoms with Gasteiger partial charge in [-0.2, -0.15) is 0 Å². The van der Waals surface area contributed by atoms with E-state index in [1.807, 2.05) is 20.8 Å². The molecule has 2 heterocycles. The number of rotatable bonds is 1. The molecule has 1 aliphatic heterocycles. The number of esters is 1. The Labute approximate surface area is 107 Å². The van der Waals surface area contributed by atoms with Gasteiger partial charge in [0, 0.05) is 30.5 Å². The molecule has 0 bridgehead atoms. The molecule has 5 nitrogen and oxygen atoms in total. The second-order valence-corrected chi connectivity index (χ2v) is 5.49. The van der Waals surface area contributed by atoms with Crippen LogP contribution in [0.3, 0.4) is 0 Å². The maximum Gasteiger partial charge on any atom is 0.357 e. The minimum atomic E-state index is -0.386. The molecule has 0 saturated heterocycles. The molecule has 18 heavy (non-hydrogen) atoms. The highest BCUT2D eigenvalue weighted by Gasteiger charge is 2.26. The van der Waals surface area contributed by atoms with Crippen LogP contribution in [-0.4, -0.2) is 29.6 Å². The van der Waals surface area contributed by atoms with Crippen molar-refractivity contribution in [3.63, 3.8) is 0 Å². The molecule has 0 amide bonds. The molecule has 1 aromatic rings. The summed E-state index contributed by atoms with van der Waals surface area (Å²) in [7, 11) is 1.38. The van der Waals surface area contributed by atoms with E-state index in [-0.39, 0.29) is 11.4 Å². The summed E-state index contributed by atoms with van der Waals surface area (Å²) >= 11 is 0. The van der Waals surface area contributed by atoms with E-state index in [4.69, 9.17) is 4.74 Å². The largest absolute Gasteiger partial charge is 0.464 e. The van der Waals surface area contributed by atoms with Gasteiger partial charge in [0.05, 0.1) is 12.8 Å². The standard InChI is InChI=1S/C13H19N3O2/c1-13(2,3)12-15-9-5-6-14-7-8(9)10(16-12)11(17)18-4/h14H,5-7H2,1-4H3. The number of aromatic nitrogens is 2. The predicted octanol–water partition coefficient (Wildman–Crippen LogP) is 1.21. The normalized spacial score (nSPS) is 15.1. The first-order chi connectivity index (χ1) is 8.43. The zero-order valence-corrected chi connectivity index (χ0v) is 11.3. The lowest BCUT2D eigenvalue weighted by atomic mass is 9.94. The first-order valence-electron chi connectivity index (χ1n) is 6.13. The van der Waals surface area contributed by atoms with Crippen LogP contribution in [0.1, 0.15) is 48.3 Å². The third-order valence-electron chi connectivity index (χ3n) is 2.98. The second-order valence-electron chi connectivity index (χ2n) is 5.49. The number of carbonyl (C=O) groups is 1. The van der Waals surface area contributed by atoms with Gasteiger partial charge in [-0.15, -0.1) is 0 Å². The van der Waals surface area contributed by atoms with Crippen LogP contribution in [-0.2, 0) is 23.1 Å². The summed E-state index contributed by atoms with van der Waals surface area (Å²) in [5.41, 5.74) is 2.07. The van der Waals surface area contributed by atoms with E-state index < -0.39 is 0 Å². The monoisotopic (exact) mass is 249 g/mol. The molecule has 2 rings (SSSR count). The lowest BCUT2D eigenvalue weighted by Crippen LogP contribution is -2.30. The molecular formula is C13H19N3O2. The number of carbonyl (C=O) groups excluding carboxylic acids is 1. The van der Waals surface area contributed by atoms with E-state index in [9.17, 15) is 4.79 Å². The van der Waals surface area contributed by atoms with Gasteiger partial charge in [-0.05, 0) is 0 Å². The van der Waals surface area contributed by atoms with Crippen LogP contribution in [0.5, 0.6) is 0 Å². The molecule has 0 aromatic carbocycles. The van der Waals surface area contributed by atoms with Gasteiger partial charge < -0.3 is 10.1 Å². The third kappa shape index (κ3) is 2.36. The van der Waals surface area contributed by atoms with Crippen LogP contribution in [0.2, 0.25) is 0 Å². The Morgan fingerprint density at radius 2 is 2.06 bits per heavy atom. The van der Waals surface area contributed by atoms with Crippen molar-refractivity contribution >= 4 is 5.97 Å². The molecule has 0 fully saturated rings. The minimum absolute atomic E-state index is 0.178. The van der Waals surface area contributed by atoms with Crippen molar-refractivity contribution < 1.29 is 9.53 Å². The summed E-state index contributed by atoms with van der Waals surface area (Å²) in [6, 6.07) is 0. The molecule has 1 N–H and O–H groups in total. The van der Waals surface area contributed by atoms with E-state index in [1.54, 1.807) is 0 Å². The average molecular weight is 249 g/mol. The lowest BCUT2D eigenvalue weighted by molar-refractivity contribution is 0.0591. The van der Waals surface area contributed by atoms with Crippen LogP contribution in [0.4, 0.5) is 0 Å². The molecule has 5 heteroatoms. The van der Waals surface area contributed by atoms with E-state index in [0.29, 0.717) is 18.1 Å². The van der Waals surface area contributed by atoms with Crippen LogP contribution in [0.25, 0.3) is 0 Å². The van der Waals surface area contributed by atoms with Crippen molar-refractivity contribution in [2.45, 2.75) is 39.2 Å². The maximum absolute atomic E-state index is 11.8. The number of hydrogen-bond donors (Lipinski definition) is 1. The summed E-state index contributed by atoms with van der Waals surface area (Å²) in [6.45, 7) is 7.63. The molecule has 0 spiro atoms. The Morgan fingerprint density at radius 1 is 1.33 bits per heavy atom. The van der Waals surface area contributed by atoms with Crippen LogP contribution in [0.15, 0.2) is 0 Å².